The van der Waals surface area contributed by atoms with Crippen LogP contribution in [-0.2, 0) is 0 Å². The van der Waals surface area contributed by atoms with Crippen LogP contribution in [0.1, 0.15) is 23.7 Å². The molecule has 3 nitrogen and oxygen atoms in total. The fraction of sp³-hybridized carbons (Fsp3) is 0.188. The third-order valence-electron chi connectivity index (χ3n) is 2.86. The molecule has 0 saturated heterocycles. The Labute approximate surface area is 123 Å². The maximum atomic E-state index is 11.6. The molecule has 0 saturated carbocycles. The quantitative estimate of drug-likeness (QED) is 0.908. The molecular weight excluding hydrogens is 274 g/mol. The Morgan fingerprint density at radius 2 is 1.95 bits per heavy atom. The van der Waals surface area contributed by atoms with E-state index < -0.39 is 5.91 Å². The highest BCUT2D eigenvalue weighted by atomic mass is 35.5. The van der Waals surface area contributed by atoms with E-state index in [1.54, 1.807) is 18.2 Å². The lowest BCUT2D eigenvalue weighted by Crippen LogP contribution is -2.13. The number of nitrogens with two attached hydrogens (primary N) is 1. The van der Waals surface area contributed by atoms with Crippen LogP contribution in [0, 0.1) is 0 Å². The van der Waals surface area contributed by atoms with Gasteiger partial charge in [0.25, 0.3) is 5.91 Å². The number of amides is 1. The number of carbonyl (C=O) groups is 1. The van der Waals surface area contributed by atoms with Gasteiger partial charge in [-0.3, -0.25) is 4.79 Å². The summed E-state index contributed by atoms with van der Waals surface area (Å²) in [6.07, 6.45) is 0.869. The lowest BCUT2D eigenvalue weighted by Gasteiger charge is -2.11. The summed E-state index contributed by atoms with van der Waals surface area (Å²) in [6.45, 7) is 2.56. The monoisotopic (exact) mass is 289 g/mol. The molecule has 0 bridgehead atoms. The summed E-state index contributed by atoms with van der Waals surface area (Å²) in [5, 5.41) is 0.648. The molecule has 0 unspecified atom stereocenters. The first-order chi connectivity index (χ1) is 9.61. The molecule has 2 aromatic carbocycles. The van der Waals surface area contributed by atoms with E-state index in [0.717, 1.165) is 17.5 Å². The van der Waals surface area contributed by atoms with Crippen molar-refractivity contribution in [1.82, 2.24) is 0 Å². The third-order valence-corrected chi connectivity index (χ3v) is 3.10. The SMILES string of the molecule is CCCOc1ccc(-c2cccc(Cl)c2)cc1C(N)=O. The van der Waals surface area contributed by atoms with E-state index in [-0.39, 0.29) is 0 Å². The van der Waals surface area contributed by atoms with Crippen molar-refractivity contribution < 1.29 is 9.53 Å². The average molecular weight is 290 g/mol. The van der Waals surface area contributed by atoms with Crippen LogP contribution in [-0.4, -0.2) is 12.5 Å². The molecular formula is C16H16ClNO2. The Morgan fingerprint density at radius 1 is 1.20 bits per heavy atom. The van der Waals surface area contributed by atoms with Crippen LogP contribution in [0.5, 0.6) is 5.75 Å². The van der Waals surface area contributed by atoms with Gasteiger partial charge >= 0.3 is 0 Å². The molecule has 0 aliphatic carbocycles. The van der Waals surface area contributed by atoms with Crippen molar-refractivity contribution in [2.45, 2.75) is 13.3 Å². The zero-order valence-corrected chi connectivity index (χ0v) is 12.0. The van der Waals surface area contributed by atoms with Crippen LogP contribution < -0.4 is 10.5 Å². The highest BCUT2D eigenvalue weighted by molar-refractivity contribution is 6.30. The third kappa shape index (κ3) is 3.31. The van der Waals surface area contributed by atoms with Gasteiger partial charge in [0.15, 0.2) is 0 Å². The Balaban J connectivity index is 2.42. The number of hydrogen-bond donors (Lipinski definition) is 1. The maximum Gasteiger partial charge on any atom is 0.252 e. The highest BCUT2D eigenvalue weighted by Gasteiger charge is 2.11. The summed E-state index contributed by atoms with van der Waals surface area (Å²) in [5.41, 5.74) is 7.62. The van der Waals surface area contributed by atoms with Gasteiger partial charge in [0, 0.05) is 5.02 Å². The van der Waals surface area contributed by atoms with Crippen LogP contribution >= 0.6 is 11.6 Å². The zero-order chi connectivity index (χ0) is 14.5. The van der Waals surface area contributed by atoms with Crippen molar-refractivity contribution in [3.05, 3.63) is 53.1 Å². The minimum absolute atomic E-state index is 0.385. The van der Waals surface area contributed by atoms with Crippen LogP contribution in [0.15, 0.2) is 42.5 Å². The Hall–Kier alpha value is -2.00. The number of hydrogen-bond acceptors (Lipinski definition) is 2. The first-order valence-corrected chi connectivity index (χ1v) is 6.82. The lowest BCUT2D eigenvalue weighted by atomic mass is 10.0. The van der Waals surface area contributed by atoms with Crippen molar-refractivity contribution in [1.29, 1.82) is 0 Å². The molecule has 4 heteroatoms. The van der Waals surface area contributed by atoms with E-state index in [2.05, 4.69) is 0 Å². The first-order valence-electron chi connectivity index (χ1n) is 6.44. The predicted molar refractivity (Wildman–Crippen MR) is 81.2 cm³/mol. The topological polar surface area (TPSA) is 52.3 Å². The van der Waals surface area contributed by atoms with Gasteiger partial charge in [-0.05, 0) is 41.8 Å². The Morgan fingerprint density at radius 3 is 2.60 bits per heavy atom. The minimum Gasteiger partial charge on any atom is -0.493 e. The molecule has 0 spiro atoms. The molecule has 2 rings (SSSR count). The van der Waals surface area contributed by atoms with Crippen molar-refractivity contribution >= 4 is 17.5 Å². The minimum atomic E-state index is -0.500. The molecule has 2 aromatic rings. The average Bonchev–Trinajstić information content (AvgIpc) is 2.44. The summed E-state index contributed by atoms with van der Waals surface area (Å²) < 4.78 is 5.54. The molecule has 0 atom stereocenters. The van der Waals surface area contributed by atoms with Gasteiger partial charge in [0.1, 0.15) is 5.75 Å². The van der Waals surface area contributed by atoms with E-state index in [9.17, 15) is 4.79 Å². The summed E-state index contributed by atoms with van der Waals surface area (Å²) in [6, 6.07) is 12.8. The predicted octanol–water partition coefficient (Wildman–Crippen LogP) is 3.89. The van der Waals surface area contributed by atoms with Crippen molar-refractivity contribution in [3.63, 3.8) is 0 Å². The van der Waals surface area contributed by atoms with Gasteiger partial charge in [-0.1, -0.05) is 36.7 Å². The molecule has 20 heavy (non-hydrogen) atoms. The summed E-state index contributed by atoms with van der Waals surface area (Å²) in [5.74, 6) is 0.0186. The van der Waals surface area contributed by atoms with Gasteiger partial charge in [0.05, 0.1) is 12.2 Å². The molecule has 0 heterocycles. The number of benzene rings is 2. The lowest BCUT2D eigenvalue weighted by molar-refractivity contribution is 0.0996. The van der Waals surface area contributed by atoms with E-state index in [1.165, 1.54) is 0 Å². The van der Waals surface area contributed by atoms with Crippen LogP contribution in [0.4, 0.5) is 0 Å². The van der Waals surface area contributed by atoms with Crippen LogP contribution in [0.2, 0.25) is 5.02 Å². The van der Waals surface area contributed by atoms with Crippen molar-refractivity contribution in [2.24, 2.45) is 5.73 Å². The largest absolute Gasteiger partial charge is 0.493 e. The molecule has 0 aliphatic rings. The van der Waals surface area contributed by atoms with E-state index in [4.69, 9.17) is 22.1 Å². The number of halogens is 1. The van der Waals surface area contributed by atoms with Crippen molar-refractivity contribution in [2.75, 3.05) is 6.61 Å². The molecule has 0 aliphatic heterocycles. The fourth-order valence-electron chi connectivity index (χ4n) is 1.91. The van der Waals surface area contributed by atoms with Gasteiger partial charge in [-0.2, -0.15) is 0 Å². The molecule has 0 fully saturated rings. The molecule has 104 valence electrons. The standard InChI is InChI=1S/C16H16ClNO2/c1-2-8-20-15-7-6-12(10-14(15)16(18)19)11-4-3-5-13(17)9-11/h3-7,9-10H,2,8H2,1H3,(H2,18,19). The zero-order valence-electron chi connectivity index (χ0n) is 11.2. The second-order valence-electron chi connectivity index (χ2n) is 4.43. The highest BCUT2D eigenvalue weighted by Crippen LogP contribution is 2.28. The summed E-state index contributed by atoms with van der Waals surface area (Å²) in [7, 11) is 0. The molecule has 1 amide bonds. The summed E-state index contributed by atoms with van der Waals surface area (Å²) >= 11 is 5.98. The van der Waals surface area contributed by atoms with E-state index in [0.29, 0.717) is 22.9 Å². The van der Waals surface area contributed by atoms with Crippen LogP contribution in [0.3, 0.4) is 0 Å². The summed E-state index contributed by atoms with van der Waals surface area (Å²) in [4.78, 5) is 11.6. The van der Waals surface area contributed by atoms with Crippen LogP contribution in [0.25, 0.3) is 11.1 Å². The smallest absolute Gasteiger partial charge is 0.252 e. The Kier molecular flexibility index (Phi) is 4.64. The van der Waals surface area contributed by atoms with Gasteiger partial charge in [-0.25, -0.2) is 0 Å². The number of primary amides is 1. The number of carbonyl (C=O) groups excluding carboxylic acids is 1. The normalized spacial score (nSPS) is 10.3. The fourth-order valence-corrected chi connectivity index (χ4v) is 2.10. The van der Waals surface area contributed by atoms with Gasteiger partial charge in [0.2, 0.25) is 0 Å². The number of ether oxygens (including phenoxy) is 1. The maximum absolute atomic E-state index is 11.6. The molecule has 0 radical (unpaired) electrons. The molecule has 2 N–H and O–H groups in total. The Bertz CT molecular complexity index is 626. The second kappa shape index (κ2) is 6.44. The first kappa shape index (κ1) is 14.4. The van der Waals surface area contributed by atoms with Gasteiger partial charge < -0.3 is 10.5 Å². The van der Waals surface area contributed by atoms with E-state index in [1.807, 2.05) is 31.2 Å². The van der Waals surface area contributed by atoms with Crippen molar-refractivity contribution in [3.8, 4) is 16.9 Å². The van der Waals surface area contributed by atoms with E-state index >= 15 is 0 Å². The van der Waals surface area contributed by atoms with Gasteiger partial charge in [-0.15, -0.1) is 0 Å². The second-order valence-corrected chi connectivity index (χ2v) is 4.87. The molecule has 0 aromatic heterocycles. The number of rotatable bonds is 5.